The van der Waals surface area contributed by atoms with Gasteiger partial charge in [-0.2, -0.15) is 0 Å². The molecule has 24 heavy (non-hydrogen) atoms. The number of anilines is 1. The maximum atomic E-state index is 11.7. The number of piperidine rings is 1. The zero-order valence-electron chi connectivity index (χ0n) is 15.1. The number of hydrogen-bond acceptors (Lipinski definition) is 5. The Labute approximate surface area is 144 Å². The van der Waals surface area contributed by atoms with Gasteiger partial charge < -0.3 is 14.7 Å². The molecule has 2 aliphatic heterocycles. The molecular formula is C18H29N5O. The van der Waals surface area contributed by atoms with Gasteiger partial charge in [-0.05, 0) is 32.6 Å². The molecule has 132 valence electrons. The van der Waals surface area contributed by atoms with Crippen LogP contribution in [0.15, 0.2) is 12.4 Å². The number of nitrogens with zero attached hydrogens (tertiary/aromatic N) is 5. The Morgan fingerprint density at radius 2 is 2.00 bits per heavy atom. The summed E-state index contributed by atoms with van der Waals surface area (Å²) in [5.41, 5.74) is 1.01. The number of rotatable bonds is 4. The van der Waals surface area contributed by atoms with E-state index in [1.54, 1.807) is 13.3 Å². The molecule has 1 amide bonds. The first-order chi connectivity index (χ1) is 11.5. The summed E-state index contributed by atoms with van der Waals surface area (Å²) < 4.78 is 0. The minimum atomic E-state index is 0.228. The Balaban J connectivity index is 1.51. The molecule has 1 aromatic heterocycles. The van der Waals surface area contributed by atoms with Crippen molar-refractivity contribution >= 4 is 11.7 Å². The molecular weight excluding hydrogens is 302 g/mol. The van der Waals surface area contributed by atoms with E-state index < -0.39 is 0 Å². The van der Waals surface area contributed by atoms with Gasteiger partial charge in [0, 0.05) is 64.0 Å². The standard InChI is InChI=1S/C18H29N5O/c1-14-11-18(20-13-19-14)21(3)16-6-9-22(10-7-16)12-17-5-4-8-23(17)15(2)24/h11,13,16-17H,4-10,12H2,1-3H3. The van der Waals surface area contributed by atoms with Crippen molar-refractivity contribution in [1.82, 2.24) is 19.8 Å². The molecule has 6 heteroatoms. The van der Waals surface area contributed by atoms with Crippen molar-refractivity contribution in [3.63, 3.8) is 0 Å². The minimum absolute atomic E-state index is 0.228. The molecule has 0 aromatic carbocycles. The van der Waals surface area contributed by atoms with E-state index in [1.165, 1.54) is 0 Å². The fraction of sp³-hybridized carbons (Fsp3) is 0.722. The summed E-state index contributed by atoms with van der Waals surface area (Å²) in [6.07, 6.45) is 6.24. The zero-order valence-corrected chi connectivity index (χ0v) is 15.1. The van der Waals surface area contributed by atoms with Gasteiger partial charge in [0.2, 0.25) is 5.91 Å². The second-order valence-corrected chi connectivity index (χ2v) is 7.17. The van der Waals surface area contributed by atoms with Gasteiger partial charge in [-0.3, -0.25) is 4.79 Å². The largest absolute Gasteiger partial charge is 0.356 e. The van der Waals surface area contributed by atoms with Crippen LogP contribution in [-0.4, -0.2) is 71.0 Å². The van der Waals surface area contributed by atoms with Crippen molar-refractivity contribution in [1.29, 1.82) is 0 Å². The summed E-state index contributed by atoms with van der Waals surface area (Å²) in [5.74, 6) is 1.24. The highest BCUT2D eigenvalue weighted by Gasteiger charge is 2.30. The number of aromatic nitrogens is 2. The van der Waals surface area contributed by atoms with E-state index in [0.29, 0.717) is 12.1 Å². The Morgan fingerprint density at radius 3 is 2.67 bits per heavy atom. The number of carbonyl (C=O) groups is 1. The van der Waals surface area contributed by atoms with Crippen LogP contribution in [0.3, 0.4) is 0 Å². The summed E-state index contributed by atoms with van der Waals surface area (Å²) in [6, 6.07) is 3.00. The van der Waals surface area contributed by atoms with Gasteiger partial charge in [-0.1, -0.05) is 0 Å². The fourth-order valence-electron chi connectivity index (χ4n) is 4.05. The minimum Gasteiger partial charge on any atom is -0.356 e. The predicted octanol–water partition coefficient (Wildman–Crippen LogP) is 1.70. The predicted molar refractivity (Wildman–Crippen MR) is 95.0 cm³/mol. The van der Waals surface area contributed by atoms with Crippen molar-refractivity contribution in [2.24, 2.45) is 0 Å². The van der Waals surface area contributed by atoms with Crippen molar-refractivity contribution in [2.75, 3.05) is 38.1 Å². The highest BCUT2D eigenvalue weighted by molar-refractivity contribution is 5.73. The highest BCUT2D eigenvalue weighted by Crippen LogP contribution is 2.23. The molecule has 2 fully saturated rings. The molecule has 0 N–H and O–H groups in total. The van der Waals surface area contributed by atoms with E-state index in [4.69, 9.17) is 0 Å². The third-order valence-electron chi connectivity index (χ3n) is 5.51. The summed E-state index contributed by atoms with van der Waals surface area (Å²) in [5, 5.41) is 0. The van der Waals surface area contributed by atoms with Crippen LogP contribution in [0.25, 0.3) is 0 Å². The van der Waals surface area contributed by atoms with Gasteiger partial charge >= 0.3 is 0 Å². The molecule has 1 unspecified atom stereocenters. The lowest BCUT2D eigenvalue weighted by molar-refractivity contribution is -0.130. The number of aryl methyl sites for hydroxylation is 1. The third-order valence-corrected chi connectivity index (χ3v) is 5.51. The number of carbonyl (C=O) groups excluding carboxylic acids is 1. The van der Waals surface area contributed by atoms with Gasteiger partial charge in [0.15, 0.2) is 0 Å². The van der Waals surface area contributed by atoms with Crippen molar-refractivity contribution in [3.05, 3.63) is 18.1 Å². The quantitative estimate of drug-likeness (QED) is 0.840. The van der Waals surface area contributed by atoms with E-state index in [-0.39, 0.29) is 5.91 Å². The summed E-state index contributed by atoms with van der Waals surface area (Å²) >= 11 is 0. The van der Waals surface area contributed by atoms with E-state index >= 15 is 0 Å². The van der Waals surface area contributed by atoms with Crippen LogP contribution in [0.1, 0.15) is 38.3 Å². The lowest BCUT2D eigenvalue weighted by Crippen LogP contribution is -2.48. The van der Waals surface area contributed by atoms with E-state index in [0.717, 1.165) is 63.4 Å². The molecule has 3 heterocycles. The lowest BCUT2D eigenvalue weighted by atomic mass is 10.0. The first-order valence-electron chi connectivity index (χ1n) is 9.05. The maximum absolute atomic E-state index is 11.7. The average molecular weight is 331 g/mol. The van der Waals surface area contributed by atoms with Gasteiger partial charge in [-0.25, -0.2) is 9.97 Å². The summed E-state index contributed by atoms with van der Waals surface area (Å²) in [4.78, 5) is 27.2. The molecule has 3 rings (SSSR count). The van der Waals surface area contributed by atoms with Gasteiger partial charge in [-0.15, -0.1) is 0 Å². The molecule has 2 aliphatic rings. The van der Waals surface area contributed by atoms with Crippen molar-refractivity contribution < 1.29 is 4.79 Å². The van der Waals surface area contributed by atoms with E-state index in [9.17, 15) is 4.79 Å². The Morgan fingerprint density at radius 1 is 1.25 bits per heavy atom. The van der Waals surface area contributed by atoms with Gasteiger partial charge in [0.25, 0.3) is 0 Å². The van der Waals surface area contributed by atoms with Crippen LogP contribution in [0.5, 0.6) is 0 Å². The lowest BCUT2D eigenvalue weighted by Gasteiger charge is -2.39. The normalized spacial score (nSPS) is 22.8. The number of hydrogen-bond donors (Lipinski definition) is 0. The van der Waals surface area contributed by atoms with E-state index in [1.807, 2.05) is 6.92 Å². The Bertz CT molecular complexity index is 570. The first-order valence-corrected chi connectivity index (χ1v) is 9.05. The van der Waals surface area contributed by atoms with Crippen LogP contribution in [0.2, 0.25) is 0 Å². The molecule has 0 aliphatic carbocycles. The smallest absolute Gasteiger partial charge is 0.219 e. The third kappa shape index (κ3) is 3.86. The second kappa shape index (κ2) is 7.47. The SMILES string of the molecule is CC(=O)N1CCCC1CN1CCC(N(C)c2cc(C)ncn2)CC1. The fourth-order valence-corrected chi connectivity index (χ4v) is 4.05. The molecule has 1 atom stereocenters. The highest BCUT2D eigenvalue weighted by atomic mass is 16.2. The topological polar surface area (TPSA) is 52.6 Å². The number of amides is 1. The van der Waals surface area contributed by atoms with Crippen LogP contribution in [0, 0.1) is 6.92 Å². The van der Waals surface area contributed by atoms with Crippen LogP contribution in [-0.2, 0) is 4.79 Å². The van der Waals surface area contributed by atoms with Crippen LogP contribution >= 0.6 is 0 Å². The summed E-state index contributed by atoms with van der Waals surface area (Å²) in [6.45, 7) is 7.87. The van der Waals surface area contributed by atoms with Gasteiger partial charge in [0.05, 0.1) is 0 Å². The van der Waals surface area contributed by atoms with Crippen LogP contribution in [0.4, 0.5) is 5.82 Å². The molecule has 0 saturated carbocycles. The Hall–Kier alpha value is -1.69. The van der Waals surface area contributed by atoms with Crippen molar-refractivity contribution in [2.45, 2.75) is 51.6 Å². The monoisotopic (exact) mass is 331 g/mol. The molecule has 0 bridgehead atoms. The van der Waals surface area contributed by atoms with Gasteiger partial charge in [0.1, 0.15) is 12.1 Å². The van der Waals surface area contributed by atoms with E-state index in [2.05, 4.69) is 37.8 Å². The second-order valence-electron chi connectivity index (χ2n) is 7.17. The molecule has 0 radical (unpaired) electrons. The Kier molecular flexibility index (Phi) is 5.33. The van der Waals surface area contributed by atoms with Crippen LogP contribution < -0.4 is 4.90 Å². The molecule has 2 saturated heterocycles. The maximum Gasteiger partial charge on any atom is 0.219 e. The average Bonchev–Trinajstić information content (AvgIpc) is 3.03. The molecule has 1 aromatic rings. The first kappa shape index (κ1) is 17.1. The summed E-state index contributed by atoms with van der Waals surface area (Å²) in [7, 11) is 2.14. The molecule has 0 spiro atoms. The number of likely N-dealkylation sites (tertiary alicyclic amines) is 2. The van der Waals surface area contributed by atoms with Crippen molar-refractivity contribution in [3.8, 4) is 0 Å². The zero-order chi connectivity index (χ0) is 17.1. The molecule has 6 nitrogen and oxygen atoms in total.